The Morgan fingerprint density at radius 2 is 1.80 bits per heavy atom. The minimum Gasteiger partial charge on any atom is -0.394 e. The van der Waals surface area contributed by atoms with Crippen LogP contribution in [0.4, 0.5) is 5.82 Å². The lowest BCUT2D eigenvalue weighted by Gasteiger charge is -2.25. The Hall–Kier alpha value is -2.96. The maximum absolute atomic E-state index is 12.9. The molecule has 0 aliphatic rings. The third kappa shape index (κ3) is 6.84. The Bertz CT molecular complexity index is 1350. The van der Waals surface area contributed by atoms with Crippen molar-refractivity contribution in [3.05, 3.63) is 47.2 Å². The molecule has 2 amide bonds. The molecule has 9 N–H and O–H groups in total. The lowest BCUT2D eigenvalue weighted by atomic mass is 10.0. The fraction of sp³-hybridized carbons (Fsp3) is 0.480. The van der Waals surface area contributed by atoms with Crippen LogP contribution in [0.15, 0.2) is 24.4 Å². The van der Waals surface area contributed by atoms with Gasteiger partial charge in [0.1, 0.15) is 24.9 Å². The molecule has 0 saturated heterocycles. The SMILES string of the molecule is CCn1c(CNC(=O)c2nc(CI)cnc2N)[n+](CC)c2ccc(C(=O)NC[C@H](O)[C@@H](O)[C@H](O)[C@H](O)CO)cc21. The van der Waals surface area contributed by atoms with E-state index in [-0.39, 0.29) is 23.6 Å². The van der Waals surface area contributed by atoms with Crippen molar-refractivity contribution < 1.29 is 39.7 Å². The van der Waals surface area contributed by atoms with Gasteiger partial charge in [-0.05, 0) is 26.0 Å². The van der Waals surface area contributed by atoms with E-state index in [0.717, 1.165) is 16.9 Å². The number of carbonyl (C=O) groups is 2. The van der Waals surface area contributed by atoms with Crippen molar-refractivity contribution in [2.75, 3.05) is 18.9 Å². The number of aromatic nitrogens is 4. The summed E-state index contributed by atoms with van der Waals surface area (Å²) >= 11 is 2.13. The van der Waals surface area contributed by atoms with Gasteiger partial charge in [0, 0.05) is 22.6 Å². The Morgan fingerprint density at radius 3 is 2.42 bits per heavy atom. The number of nitrogens with two attached hydrogens (primary N) is 1. The van der Waals surface area contributed by atoms with Crippen LogP contribution in [0.2, 0.25) is 0 Å². The molecule has 218 valence electrons. The van der Waals surface area contributed by atoms with Gasteiger partial charge in [0.05, 0.1) is 37.7 Å². The molecule has 2 heterocycles. The maximum Gasteiger partial charge on any atom is 0.277 e. The number of aliphatic hydroxyl groups is 5. The number of halogens is 1. The van der Waals surface area contributed by atoms with E-state index < -0.39 is 49.4 Å². The van der Waals surface area contributed by atoms with Gasteiger partial charge in [-0.15, -0.1) is 0 Å². The van der Waals surface area contributed by atoms with Crippen LogP contribution in [0.25, 0.3) is 11.0 Å². The van der Waals surface area contributed by atoms with Gasteiger partial charge in [0.15, 0.2) is 22.5 Å². The highest BCUT2D eigenvalue weighted by molar-refractivity contribution is 14.1. The number of hydrogen-bond donors (Lipinski definition) is 8. The molecular weight excluding hydrogens is 637 g/mol. The van der Waals surface area contributed by atoms with E-state index in [9.17, 15) is 30.0 Å². The van der Waals surface area contributed by atoms with Crippen LogP contribution in [0.1, 0.15) is 46.2 Å². The molecule has 3 aromatic rings. The Balaban J connectivity index is 1.80. The number of nitrogen functional groups attached to an aromatic ring is 1. The number of rotatable bonds is 13. The van der Waals surface area contributed by atoms with Crippen molar-refractivity contribution in [1.82, 2.24) is 25.2 Å². The second-order valence-corrected chi connectivity index (χ2v) is 9.79. The van der Waals surface area contributed by atoms with E-state index in [1.807, 2.05) is 23.0 Å². The molecule has 2 aromatic heterocycles. The Morgan fingerprint density at radius 1 is 1.10 bits per heavy atom. The number of fused-ring (bicyclic) bond motifs is 1. The van der Waals surface area contributed by atoms with Crippen molar-refractivity contribution in [3.8, 4) is 0 Å². The number of aryl methyl sites for hydroxylation is 2. The summed E-state index contributed by atoms with van der Waals surface area (Å²) in [5.41, 5.74) is 8.44. The van der Waals surface area contributed by atoms with Gasteiger partial charge in [-0.2, -0.15) is 0 Å². The number of imidazole rings is 1. The Labute approximate surface area is 244 Å². The average Bonchev–Trinajstić information content (AvgIpc) is 3.28. The van der Waals surface area contributed by atoms with Crippen LogP contribution in [0, 0.1) is 0 Å². The number of carbonyl (C=O) groups excluding carboxylic acids is 2. The van der Waals surface area contributed by atoms with Crippen molar-refractivity contribution in [2.24, 2.45) is 0 Å². The molecule has 1 aromatic carbocycles. The van der Waals surface area contributed by atoms with E-state index in [4.69, 9.17) is 10.8 Å². The quantitative estimate of drug-likeness (QED) is 0.0589. The number of nitrogens with one attached hydrogen (secondary N) is 2. The first-order valence-corrected chi connectivity index (χ1v) is 14.2. The number of aliphatic hydroxyl groups excluding tert-OH is 5. The summed E-state index contributed by atoms with van der Waals surface area (Å²) < 4.78 is 4.57. The van der Waals surface area contributed by atoms with Crippen LogP contribution < -0.4 is 20.9 Å². The molecule has 0 fully saturated rings. The van der Waals surface area contributed by atoms with E-state index >= 15 is 0 Å². The standard InChI is InChI=1S/C25H34IN7O7/c1-3-32-15-6-5-13(24(39)29-10-17(35)21(37)22(38)18(36)12-34)7-16(15)33(4-2)19(32)11-30-25(40)20-23(27)28-9-14(8-26)31-20/h5-7,9,17-18,21-22,34-38H,3-4,8,10-12H2,1-2H3,(H3-,27,28,29,30,39,40)/p+1/t17-,18+,21+,22+/m0/s1. The van der Waals surface area contributed by atoms with E-state index in [2.05, 4.69) is 43.2 Å². The average molecular weight is 673 g/mol. The summed E-state index contributed by atoms with van der Waals surface area (Å²) in [6.07, 6.45) is -5.27. The van der Waals surface area contributed by atoms with Crippen LogP contribution in [-0.4, -0.2) is 89.4 Å². The van der Waals surface area contributed by atoms with E-state index in [1.165, 1.54) is 6.20 Å². The highest BCUT2D eigenvalue weighted by Gasteiger charge is 2.30. The van der Waals surface area contributed by atoms with Crippen molar-refractivity contribution in [1.29, 1.82) is 0 Å². The number of nitrogens with zero attached hydrogens (tertiary/aromatic N) is 4. The summed E-state index contributed by atoms with van der Waals surface area (Å²) in [5, 5.41) is 53.6. The first kappa shape index (κ1) is 31.6. The van der Waals surface area contributed by atoms with Crippen LogP contribution in [0.5, 0.6) is 0 Å². The first-order chi connectivity index (χ1) is 19.1. The molecule has 0 bridgehead atoms. The smallest absolute Gasteiger partial charge is 0.277 e. The summed E-state index contributed by atoms with van der Waals surface area (Å²) in [4.78, 5) is 34.1. The number of alkyl halides is 1. The lowest BCUT2D eigenvalue weighted by Crippen LogP contribution is -2.49. The molecule has 0 spiro atoms. The number of hydrogen-bond acceptors (Lipinski definition) is 10. The van der Waals surface area contributed by atoms with Crippen LogP contribution in [-0.2, 0) is 24.1 Å². The minimum absolute atomic E-state index is 0.0397. The third-order valence-corrected chi connectivity index (χ3v) is 7.26. The van der Waals surface area contributed by atoms with Crippen molar-refractivity contribution in [3.63, 3.8) is 0 Å². The second kappa shape index (κ2) is 14.1. The predicted molar refractivity (Wildman–Crippen MR) is 152 cm³/mol. The normalized spacial score (nSPS) is 14.5. The van der Waals surface area contributed by atoms with Gasteiger partial charge in [-0.25, -0.2) is 19.1 Å². The van der Waals surface area contributed by atoms with Gasteiger partial charge >= 0.3 is 0 Å². The number of anilines is 1. The summed E-state index contributed by atoms with van der Waals surface area (Å²) in [6.45, 7) is 4.01. The molecule has 40 heavy (non-hydrogen) atoms. The van der Waals surface area contributed by atoms with Crippen LogP contribution >= 0.6 is 22.6 Å². The summed E-state index contributed by atoms with van der Waals surface area (Å²) in [7, 11) is 0. The molecule has 0 radical (unpaired) electrons. The molecule has 14 nitrogen and oxygen atoms in total. The lowest BCUT2D eigenvalue weighted by molar-refractivity contribution is -0.676. The zero-order chi connectivity index (χ0) is 29.6. The molecule has 0 saturated carbocycles. The number of benzene rings is 1. The second-order valence-electron chi connectivity index (χ2n) is 9.03. The molecule has 0 aliphatic heterocycles. The molecule has 15 heteroatoms. The summed E-state index contributed by atoms with van der Waals surface area (Å²) in [5.74, 6) is -0.156. The largest absolute Gasteiger partial charge is 0.394 e. The zero-order valence-electron chi connectivity index (χ0n) is 22.2. The van der Waals surface area contributed by atoms with Crippen LogP contribution in [0.3, 0.4) is 0 Å². The third-order valence-electron chi connectivity index (χ3n) is 6.48. The van der Waals surface area contributed by atoms with Gasteiger partial charge < -0.3 is 41.9 Å². The van der Waals surface area contributed by atoms with Gasteiger partial charge in [-0.3, -0.25) is 9.59 Å². The highest BCUT2D eigenvalue weighted by atomic mass is 127. The van der Waals surface area contributed by atoms with Gasteiger partial charge in [0.2, 0.25) is 0 Å². The number of amides is 2. The van der Waals surface area contributed by atoms with E-state index in [0.29, 0.717) is 23.2 Å². The predicted octanol–water partition coefficient (Wildman–Crippen LogP) is -1.63. The first-order valence-electron chi connectivity index (χ1n) is 12.7. The van der Waals surface area contributed by atoms with Gasteiger partial charge in [-0.1, -0.05) is 22.6 Å². The molecule has 0 aliphatic carbocycles. The summed E-state index contributed by atoms with van der Waals surface area (Å²) in [6, 6.07) is 5.09. The minimum atomic E-state index is -1.79. The Kier molecular flexibility index (Phi) is 11.1. The molecule has 4 atom stereocenters. The monoisotopic (exact) mass is 672 g/mol. The fourth-order valence-electron chi connectivity index (χ4n) is 4.32. The highest BCUT2D eigenvalue weighted by Crippen LogP contribution is 2.18. The maximum atomic E-state index is 12.9. The molecule has 3 rings (SSSR count). The van der Waals surface area contributed by atoms with E-state index in [1.54, 1.807) is 18.2 Å². The molecular formula is C25H35IN7O7+. The topological polar surface area (TPSA) is 220 Å². The zero-order valence-corrected chi connectivity index (χ0v) is 24.3. The van der Waals surface area contributed by atoms with Crippen molar-refractivity contribution in [2.45, 2.75) is 62.3 Å². The molecule has 0 unspecified atom stereocenters. The van der Waals surface area contributed by atoms with Crippen molar-refractivity contribution >= 4 is 51.3 Å². The van der Waals surface area contributed by atoms with Gasteiger partial charge in [0.25, 0.3) is 17.6 Å². The fourth-order valence-corrected chi connectivity index (χ4v) is 4.69.